The van der Waals surface area contributed by atoms with Gasteiger partial charge in [-0.2, -0.15) is 0 Å². The Morgan fingerprint density at radius 2 is 2.14 bits per heavy atom. The van der Waals surface area contributed by atoms with Gasteiger partial charge in [-0.3, -0.25) is 4.79 Å². The van der Waals surface area contributed by atoms with Gasteiger partial charge in [0.05, 0.1) is 24.9 Å². The lowest BCUT2D eigenvalue weighted by molar-refractivity contribution is 0.0538. The third-order valence-electron chi connectivity index (χ3n) is 4.88. The molecule has 0 saturated carbocycles. The summed E-state index contributed by atoms with van der Waals surface area (Å²) < 4.78 is 11.1. The molecule has 2 N–H and O–H groups in total. The molecule has 1 aliphatic rings. The number of H-pyrrole nitrogens is 1. The normalized spacial score (nSPS) is 19.3. The number of thiazole rings is 1. The van der Waals surface area contributed by atoms with E-state index >= 15 is 0 Å². The van der Waals surface area contributed by atoms with Gasteiger partial charge in [-0.1, -0.05) is 18.3 Å². The Balaban J connectivity index is 1.70. The van der Waals surface area contributed by atoms with E-state index in [0.717, 1.165) is 16.5 Å². The largest absolute Gasteiger partial charge is 0.465 e. The van der Waals surface area contributed by atoms with E-state index in [2.05, 4.69) is 41.1 Å². The highest BCUT2D eigenvalue weighted by molar-refractivity contribution is 9.10. The van der Waals surface area contributed by atoms with Crippen LogP contribution in [0.2, 0.25) is 0 Å². The fraction of sp³-hybridized carbons (Fsp3) is 0.556. The number of aromatic nitrogens is 3. The Bertz CT molecular complexity index is 879. The first-order valence-electron chi connectivity index (χ1n) is 9.26. The number of aryl methyl sites for hydroxylation is 2. The van der Waals surface area contributed by atoms with Crippen molar-refractivity contribution in [2.75, 3.05) is 32.2 Å². The van der Waals surface area contributed by atoms with E-state index in [1.54, 1.807) is 7.11 Å². The van der Waals surface area contributed by atoms with Crippen LogP contribution in [0.5, 0.6) is 0 Å². The molecule has 1 aliphatic heterocycles. The number of rotatable bonds is 6. The number of methoxy groups -OCH3 is 2. The molecule has 29 heavy (non-hydrogen) atoms. The number of piperidine rings is 1. The zero-order chi connectivity index (χ0) is 21.1. The third kappa shape index (κ3) is 4.62. The van der Waals surface area contributed by atoms with Crippen molar-refractivity contribution < 1.29 is 19.1 Å². The first-order chi connectivity index (χ1) is 13.9. The van der Waals surface area contributed by atoms with Crippen LogP contribution < -0.4 is 10.2 Å². The molecule has 0 bridgehead atoms. The molecule has 11 heteroatoms. The SMILES string of the molecule is CCc1nc(N2CC[C@H](NC(=O)c3nc(Br)c(C)[nH]3)[C@H](OC)C2)sc1C(=O)OC. The van der Waals surface area contributed by atoms with Crippen LogP contribution >= 0.6 is 27.3 Å². The van der Waals surface area contributed by atoms with E-state index in [9.17, 15) is 9.59 Å². The van der Waals surface area contributed by atoms with Crippen molar-refractivity contribution in [1.29, 1.82) is 0 Å². The smallest absolute Gasteiger partial charge is 0.350 e. The number of carbonyl (C=O) groups is 2. The fourth-order valence-electron chi connectivity index (χ4n) is 3.24. The van der Waals surface area contributed by atoms with E-state index in [-0.39, 0.29) is 29.8 Å². The quantitative estimate of drug-likeness (QED) is 0.603. The van der Waals surface area contributed by atoms with Crippen LogP contribution in [0.15, 0.2) is 4.60 Å². The number of imidazole rings is 1. The summed E-state index contributed by atoms with van der Waals surface area (Å²) in [5, 5.41) is 3.77. The van der Waals surface area contributed by atoms with Gasteiger partial charge in [-0.25, -0.2) is 14.8 Å². The van der Waals surface area contributed by atoms with Crippen LogP contribution in [0.1, 0.15) is 45.0 Å². The molecule has 2 aromatic rings. The van der Waals surface area contributed by atoms with E-state index in [1.165, 1.54) is 18.4 Å². The van der Waals surface area contributed by atoms with Gasteiger partial charge in [0.25, 0.3) is 5.91 Å². The maximum atomic E-state index is 12.5. The summed E-state index contributed by atoms with van der Waals surface area (Å²) in [6, 6.07) is -0.154. The summed E-state index contributed by atoms with van der Waals surface area (Å²) in [7, 11) is 3.00. The minimum Gasteiger partial charge on any atom is -0.465 e. The second-order valence-corrected chi connectivity index (χ2v) is 8.44. The molecule has 3 rings (SSSR count). The van der Waals surface area contributed by atoms with Gasteiger partial charge in [0.15, 0.2) is 11.0 Å². The van der Waals surface area contributed by atoms with Gasteiger partial charge in [-0.15, -0.1) is 0 Å². The van der Waals surface area contributed by atoms with Crippen LogP contribution in [0.25, 0.3) is 0 Å². The Labute approximate surface area is 181 Å². The highest BCUT2D eigenvalue weighted by Crippen LogP contribution is 2.30. The maximum Gasteiger partial charge on any atom is 0.350 e. The Hall–Kier alpha value is -1.98. The molecule has 1 fully saturated rings. The van der Waals surface area contributed by atoms with Crippen LogP contribution in [0.4, 0.5) is 5.13 Å². The Kier molecular flexibility index (Phi) is 6.91. The Morgan fingerprint density at radius 3 is 2.72 bits per heavy atom. The zero-order valence-electron chi connectivity index (χ0n) is 16.7. The number of amides is 1. The number of carbonyl (C=O) groups excluding carboxylic acids is 2. The first kappa shape index (κ1) is 21.7. The summed E-state index contributed by atoms with van der Waals surface area (Å²) in [5.74, 6) is -0.368. The number of aromatic amines is 1. The number of esters is 1. The number of ether oxygens (including phenoxy) is 2. The topological polar surface area (TPSA) is 109 Å². The molecule has 0 aromatic carbocycles. The lowest BCUT2D eigenvalue weighted by Gasteiger charge is -2.37. The second-order valence-electron chi connectivity index (χ2n) is 6.71. The molecule has 3 heterocycles. The van der Waals surface area contributed by atoms with Crippen molar-refractivity contribution in [2.45, 2.75) is 38.8 Å². The number of hydrogen-bond acceptors (Lipinski definition) is 8. The summed E-state index contributed by atoms with van der Waals surface area (Å²) in [5.41, 5.74) is 1.53. The number of halogens is 1. The summed E-state index contributed by atoms with van der Waals surface area (Å²) in [6.07, 6.45) is 1.11. The van der Waals surface area contributed by atoms with Crippen LogP contribution in [-0.4, -0.2) is 66.3 Å². The number of anilines is 1. The highest BCUT2D eigenvalue weighted by Gasteiger charge is 2.33. The molecular weight excluding hydrogens is 462 g/mol. The zero-order valence-corrected chi connectivity index (χ0v) is 19.1. The van der Waals surface area contributed by atoms with Crippen molar-refractivity contribution in [1.82, 2.24) is 20.3 Å². The summed E-state index contributed by atoms with van der Waals surface area (Å²) in [4.78, 5) is 38.9. The van der Waals surface area contributed by atoms with Gasteiger partial charge in [-0.05, 0) is 35.7 Å². The van der Waals surface area contributed by atoms with E-state index in [0.29, 0.717) is 35.4 Å². The average Bonchev–Trinajstić information content (AvgIpc) is 3.31. The minimum absolute atomic E-state index is 0.154. The van der Waals surface area contributed by atoms with Crippen molar-refractivity contribution >= 4 is 44.3 Å². The van der Waals surface area contributed by atoms with Crippen LogP contribution in [0.3, 0.4) is 0 Å². The lowest BCUT2D eigenvalue weighted by atomic mass is 10.0. The summed E-state index contributed by atoms with van der Waals surface area (Å²) >= 11 is 4.63. The number of nitrogens with zero attached hydrogens (tertiary/aromatic N) is 3. The molecule has 0 radical (unpaired) electrons. The molecule has 9 nitrogen and oxygen atoms in total. The van der Waals surface area contributed by atoms with Crippen molar-refractivity contribution in [3.05, 3.63) is 26.7 Å². The standard InChI is InChI=1S/C18H24BrN5O4S/c1-5-10-13(17(26)28-4)29-18(22-10)24-7-6-11(12(8-24)27-3)21-16(25)15-20-9(2)14(19)23-15/h11-12H,5-8H2,1-4H3,(H,20,23)(H,21,25)/t11-,12+/m0/s1. The summed E-state index contributed by atoms with van der Waals surface area (Å²) in [6.45, 7) is 5.04. The van der Waals surface area contributed by atoms with Crippen molar-refractivity contribution in [3.63, 3.8) is 0 Å². The molecule has 2 atom stereocenters. The van der Waals surface area contributed by atoms with Gasteiger partial charge in [0.2, 0.25) is 0 Å². The fourth-order valence-corrected chi connectivity index (χ4v) is 4.63. The van der Waals surface area contributed by atoms with E-state index < -0.39 is 0 Å². The van der Waals surface area contributed by atoms with Gasteiger partial charge in [0, 0.05) is 25.9 Å². The van der Waals surface area contributed by atoms with Gasteiger partial charge in [0.1, 0.15) is 9.48 Å². The monoisotopic (exact) mass is 485 g/mol. The molecule has 1 saturated heterocycles. The lowest BCUT2D eigenvalue weighted by Crippen LogP contribution is -2.55. The number of hydrogen-bond donors (Lipinski definition) is 2. The molecule has 0 aliphatic carbocycles. The predicted octanol–water partition coefficient (Wildman–Crippen LogP) is 2.31. The Morgan fingerprint density at radius 1 is 1.38 bits per heavy atom. The van der Waals surface area contributed by atoms with Crippen molar-refractivity contribution in [3.8, 4) is 0 Å². The van der Waals surface area contributed by atoms with Crippen LogP contribution in [0, 0.1) is 6.92 Å². The molecule has 2 aromatic heterocycles. The molecule has 1 amide bonds. The van der Waals surface area contributed by atoms with Crippen molar-refractivity contribution in [2.24, 2.45) is 0 Å². The first-order valence-corrected chi connectivity index (χ1v) is 10.9. The van der Waals surface area contributed by atoms with Gasteiger partial charge < -0.3 is 24.7 Å². The van der Waals surface area contributed by atoms with E-state index in [1.807, 2.05) is 13.8 Å². The minimum atomic E-state index is -0.365. The molecule has 0 spiro atoms. The third-order valence-corrected chi connectivity index (χ3v) is 6.79. The molecular formula is C18H24BrN5O4S. The average molecular weight is 486 g/mol. The second kappa shape index (κ2) is 9.23. The maximum absolute atomic E-state index is 12.5. The molecule has 158 valence electrons. The highest BCUT2D eigenvalue weighted by atomic mass is 79.9. The van der Waals surface area contributed by atoms with Crippen LogP contribution in [-0.2, 0) is 15.9 Å². The van der Waals surface area contributed by atoms with Gasteiger partial charge >= 0.3 is 5.97 Å². The molecule has 0 unspecified atom stereocenters. The predicted molar refractivity (Wildman–Crippen MR) is 113 cm³/mol. The van der Waals surface area contributed by atoms with E-state index in [4.69, 9.17) is 9.47 Å². The number of nitrogens with one attached hydrogen (secondary N) is 2.